The lowest BCUT2D eigenvalue weighted by Crippen LogP contribution is -2.32. The Hall–Kier alpha value is -0.620. The standard InChI is InChI=1S/C15H25ClN2O2S/c1-5-6-12(4)18-21(19,20)15-9-13(7-8-14(15)16)10-17-11(2)3/h7-9,11-12,17-18H,5-6,10H2,1-4H3. The second kappa shape index (κ2) is 8.13. The molecular weight excluding hydrogens is 308 g/mol. The van der Waals surface area contributed by atoms with Gasteiger partial charge in [0.25, 0.3) is 0 Å². The fourth-order valence-electron chi connectivity index (χ4n) is 2.01. The highest BCUT2D eigenvalue weighted by atomic mass is 35.5. The Morgan fingerprint density at radius 1 is 1.24 bits per heavy atom. The SMILES string of the molecule is CCCC(C)NS(=O)(=O)c1cc(CNC(C)C)ccc1Cl. The van der Waals surface area contributed by atoms with E-state index >= 15 is 0 Å². The van der Waals surface area contributed by atoms with Crippen molar-refractivity contribution in [3.05, 3.63) is 28.8 Å². The molecule has 1 rings (SSSR count). The number of sulfonamides is 1. The quantitative estimate of drug-likeness (QED) is 0.768. The lowest BCUT2D eigenvalue weighted by molar-refractivity contribution is 0.543. The maximum atomic E-state index is 12.4. The van der Waals surface area contributed by atoms with Gasteiger partial charge in [-0.25, -0.2) is 13.1 Å². The first kappa shape index (κ1) is 18.4. The summed E-state index contributed by atoms with van der Waals surface area (Å²) in [6, 6.07) is 5.35. The Labute approximate surface area is 133 Å². The van der Waals surface area contributed by atoms with Crippen molar-refractivity contribution in [3.8, 4) is 0 Å². The first-order chi connectivity index (χ1) is 9.76. The molecule has 1 aromatic carbocycles. The molecule has 0 fully saturated rings. The summed E-state index contributed by atoms with van der Waals surface area (Å²) in [4.78, 5) is 0.148. The van der Waals surface area contributed by atoms with Gasteiger partial charge in [0, 0.05) is 18.6 Å². The van der Waals surface area contributed by atoms with Crippen LogP contribution in [0.2, 0.25) is 5.02 Å². The molecule has 0 aromatic heterocycles. The third kappa shape index (κ3) is 5.94. The van der Waals surface area contributed by atoms with E-state index < -0.39 is 10.0 Å². The molecule has 0 amide bonds. The average molecular weight is 333 g/mol. The topological polar surface area (TPSA) is 58.2 Å². The van der Waals surface area contributed by atoms with E-state index in [0.29, 0.717) is 12.6 Å². The zero-order chi connectivity index (χ0) is 16.0. The lowest BCUT2D eigenvalue weighted by atomic mass is 10.2. The molecule has 0 aliphatic carbocycles. The molecule has 0 aliphatic heterocycles. The zero-order valence-electron chi connectivity index (χ0n) is 13.1. The van der Waals surface area contributed by atoms with Crippen LogP contribution in [-0.4, -0.2) is 20.5 Å². The van der Waals surface area contributed by atoms with Crippen LogP contribution in [-0.2, 0) is 16.6 Å². The third-order valence-corrected chi connectivity index (χ3v) is 5.15. The molecule has 0 saturated carbocycles. The summed E-state index contributed by atoms with van der Waals surface area (Å²) in [5, 5.41) is 3.51. The zero-order valence-corrected chi connectivity index (χ0v) is 14.7. The molecule has 21 heavy (non-hydrogen) atoms. The fraction of sp³-hybridized carbons (Fsp3) is 0.600. The number of nitrogens with one attached hydrogen (secondary N) is 2. The minimum Gasteiger partial charge on any atom is -0.310 e. The van der Waals surface area contributed by atoms with E-state index in [2.05, 4.69) is 10.0 Å². The smallest absolute Gasteiger partial charge is 0.242 e. The summed E-state index contributed by atoms with van der Waals surface area (Å²) in [6.45, 7) is 8.58. The molecule has 0 spiro atoms. The second-order valence-corrected chi connectivity index (χ2v) is 7.70. The van der Waals surface area contributed by atoms with Gasteiger partial charge in [-0.1, -0.05) is 44.9 Å². The van der Waals surface area contributed by atoms with Crippen LogP contribution in [0, 0.1) is 0 Å². The predicted octanol–water partition coefficient (Wildman–Crippen LogP) is 3.30. The maximum absolute atomic E-state index is 12.4. The van der Waals surface area contributed by atoms with Gasteiger partial charge in [0.05, 0.1) is 5.02 Å². The molecule has 0 aliphatic rings. The van der Waals surface area contributed by atoms with Crippen molar-refractivity contribution in [2.45, 2.75) is 64.1 Å². The summed E-state index contributed by atoms with van der Waals surface area (Å²) in [5.74, 6) is 0. The average Bonchev–Trinajstić information content (AvgIpc) is 2.37. The van der Waals surface area contributed by atoms with Gasteiger partial charge in [-0.15, -0.1) is 0 Å². The first-order valence-electron chi connectivity index (χ1n) is 7.30. The fourth-order valence-corrected chi connectivity index (χ4v) is 3.83. The van der Waals surface area contributed by atoms with Gasteiger partial charge in [-0.3, -0.25) is 0 Å². The van der Waals surface area contributed by atoms with Gasteiger partial charge >= 0.3 is 0 Å². The Morgan fingerprint density at radius 2 is 1.90 bits per heavy atom. The molecule has 120 valence electrons. The Kier molecular flexibility index (Phi) is 7.13. The van der Waals surface area contributed by atoms with E-state index in [1.165, 1.54) is 0 Å². The van der Waals surface area contributed by atoms with Crippen molar-refractivity contribution >= 4 is 21.6 Å². The minimum absolute atomic E-state index is 0.103. The first-order valence-corrected chi connectivity index (χ1v) is 9.16. The van der Waals surface area contributed by atoms with Crippen LogP contribution in [0.15, 0.2) is 23.1 Å². The van der Waals surface area contributed by atoms with Crippen LogP contribution in [0.1, 0.15) is 46.1 Å². The van der Waals surface area contributed by atoms with Gasteiger partial charge in [0.15, 0.2) is 0 Å². The molecule has 0 radical (unpaired) electrons. The van der Waals surface area contributed by atoms with Crippen LogP contribution >= 0.6 is 11.6 Å². The molecule has 1 unspecified atom stereocenters. The Morgan fingerprint density at radius 3 is 2.48 bits per heavy atom. The Bertz CT molecular complexity index is 559. The highest BCUT2D eigenvalue weighted by Gasteiger charge is 2.20. The van der Waals surface area contributed by atoms with E-state index in [1.807, 2.05) is 33.8 Å². The maximum Gasteiger partial charge on any atom is 0.242 e. The van der Waals surface area contributed by atoms with Crippen molar-refractivity contribution in [2.24, 2.45) is 0 Å². The minimum atomic E-state index is -3.58. The monoisotopic (exact) mass is 332 g/mol. The van der Waals surface area contributed by atoms with Crippen molar-refractivity contribution in [1.29, 1.82) is 0 Å². The number of benzene rings is 1. The van der Waals surface area contributed by atoms with Gasteiger partial charge in [-0.05, 0) is 31.0 Å². The Balaban J connectivity index is 2.96. The van der Waals surface area contributed by atoms with Crippen LogP contribution in [0.3, 0.4) is 0 Å². The highest BCUT2D eigenvalue weighted by molar-refractivity contribution is 7.89. The van der Waals surface area contributed by atoms with Crippen molar-refractivity contribution < 1.29 is 8.42 Å². The normalized spacial score (nSPS) is 13.6. The van der Waals surface area contributed by atoms with Gasteiger partial charge in [0.2, 0.25) is 10.0 Å². The molecule has 1 aromatic rings. The number of rotatable bonds is 8. The van der Waals surface area contributed by atoms with E-state index in [-0.39, 0.29) is 16.0 Å². The third-order valence-electron chi connectivity index (χ3n) is 3.08. The van der Waals surface area contributed by atoms with E-state index in [1.54, 1.807) is 12.1 Å². The molecule has 0 bridgehead atoms. The van der Waals surface area contributed by atoms with Crippen molar-refractivity contribution in [1.82, 2.24) is 10.0 Å². The summed E-state index contributed by atoms with van der Waals surface area (Å²) < 4.78 is 27.5. The summed E-state index contributed by atoms with van der Waals surface area (Å²) in [7, 11) is -3.58. The summed E-state index contributed by atoms with van der Waals surface area (Å²) in [6.07, 6.45) is 1.72. The van der Waals surface area contributed by atoms with Crippen molar-refractivity contribution in [3.63, 3.8) is 0 Å². The van der Waals surface area contributed by atoms with Crippen LogP contribution < -0.4 is 10.0 Å². The molecular formula is C15H25ClN2O2S. The van der Waals surface area contributed by atoms with Gasteiger partial charge in [0.1, 0.15) is 4.90 Å². The van der Waals surface area contributed by atoms with Crippen LogP contribution in [0.5, 0.6) is 0 Å². The lowest BCUT2D eigenvalue weighted by Gasteiger charge is -2.15. The predicted molar refractivity (Wildman–Crippen MR) is 88.1 cm³/mol. The molecule has 4 nitrogen and oxygen atoms in total. The van der Waals surface area contributed by atoms with Gasteiger partial charge < -0.3 is 5.32 Å². The molecule has 6 heteroatoms. The largest absolute Gasteiger partial charge is 0.310 e. The van der Waals surface area contributed by atoms with E-state index in [9.17, 15) is 8.42 Å². The highest BCUT2D eigenvalue weighted by Crippen LogP contribution is 2.23. The van der Waals surface area contributed by atoms with Crippen molar-refractivity contribution in [2.75, 3.05) is 0 Å². The molecule has 1 atom stereocenters. The molecule has 0 saturated heterocycles. The number of halogens is 1. The molecule has 0 heterocycles. The summed E-state index contributed by atoms with van der Waals surface area (Å²) >= 11 is 6.06. The number of hydrogen-bond donors (Lipinski definition) is 2. The van der Waals surface area contributed by atoms with Crippen LogP contribution in [0.25, 0.3) is 0 Å². The second-order valence-electron chi connectivity index (χ2n) is 5.61. The van der Waals surface area contributed by atoms with Gasteiger partial charge in [-0.2, -0.15) is 0 Å². The van der Waals surface area contributed by atoms with E-state index in [4.69, 9.17) is 11.6 Å². The summed E-state index contributed by atoms with van der Waals surface area (Å²) in [5.41, 5.74) is 0.900. The van der Waals surface area contributed by atoms with Crippen LogP contribution in [0.4, 0.5) is 0 Å². The molecule has 2 N–H and O–H groups in total. The van der Waals surface area contributed by atoms with E-state index in [0.717, 1.165) is 18.4 Å². The number of hydrogen-bond acceptors (Lipinski definition) is 3.